The lowest BCUT2D eigenvalue weighted by atomic mass is 9.97. The van der Waals surface area contributed by atoms with Crippen molar-refractivity contribution in [3.8, 4) is 22.6 Å². The zero-order chi connectivity index (χ0) is 29.3. The van der Waals surface area contributed by atoms with E-state index >= 15 is 0 Å². The number of likely N-dealkylation sites (tertiary alicyclic amines) is 1. The summed E-state index contributed by atoms with van der Waals surface area (Å²) in [5.74, 6) is 1.14. The molecule has 3 aromatic rings. The third-order valence-corrected chi connectivity index (χ3v) is 8.23. The van der Waals surface area contributed by atoms with Crippen LogP contribution in [0.25, 0.3) is 22.2 Å². The van der Waals surface area contributed by atoms with Crippen LogP contribution in [-0.4, -0.2) is 83.7 Å². The summed E-state index contributed by atoms with van der Waals surface area (Å²) in [6, 6.07) is 3.37. The molecule has 4 rings (SSSR count). The number of fused-ring (bicyclic) bond motifs is 1. The highest BCUT2D eigenvalue weighted by molar-refractivity contribution is 6.41. The first-order valence-corrected chi connectivity index (χ1v) is 13.6. The van der Waals surface area contributed by atoms with E-state index in [-0.39, 0.29) is 45.1 Å². The standard InChI is InChI=1S/C28H34Cl2N6O4/c1-8-22(37)35-12-17(13-35)34(5)19(15(2)3)14-36-26-16(11-32-28(31-4)33-26)9-18(27(36)38)23-24(29)20(39-6)10-21(40-7)25(23)30/h8-11,15,17,19H,1,12-14H2,2-7H3,(H,31,32,33)/t19-/m1/s1. The predicted octanol–water partition coefficient (Wildman–Crippen LogP) is 4.18. The van der Waals surface area contributed by atoms with E-state index in [1.807, 2.05) is 7.05 Å². The van der Waals surface area contributed by atoms with Crippen LogP contribution in [0.2, 0.25) is 10.0 Å². The molecule has 0 saturated carbocycles. The molecule has 0 unspecified atom stereocenters. The fourth-order valence-electron chi connectivity index (χ4n) is 5.04. The van der Waals surface area contributed by atoms with Gasteiger partial charge in [-0.15, -0.1) is 0 Å². The monoisotopic (exact) mass is 588 g/mol. The molecule has 0 radical (unpaired) electrons. The number of hydrogen-bond donors (Lipinski definition) is 1. The molecular weight excluding hydrogens is 555 g/mol. The molecule has 214 valence electrons. The molecule has 0 spiro atoms. The third-order valence-electron chi connectivity index (χ3n) is 7.48. The molecule has 2 aromatic heterocycles. The highest BCUT2D eigenvalue weighted by atomic mass is 35.5. The number of likely N-dealkylation sites (N-methyl/N-ethyl adjacent to an activating group) is 1. The average Bonchev–Trinajstić information content (AvgIpc) is 2.91. The average molecular weight is 590 g/mol. The highest BCUT2D eigenvalue weighted by Crippen LogP contribution is 2.45. The molecule has 3 heterocycles. The topological polar surface area (TPSA) is 102 Å². The van der Waals surface area contributed by atoms with E-state index in [1.54, 1.807) is 34.8 Å². The second kappa shape index (κ2) is 12.0. The SMILES string of the molecule is C=CC(=O)N1CC(N(C)[C@H](Cn2c(=O)c(-c3c(Cl)c(OC)cc(OC)c3Cl)cc3cnc(NC)nc32)C(C)C)C1. The fourth-order valence-corrected chi connectivity index (χ4v) is 5.74. The molecular formula is C28H34Cl2N6O4. The number of methoxy groups -OCH3 is 2. The lowest BCUT2D eigenvalue weighted by Gasteiger charge is -2.47. The maximum atomic E-state index is 14.3. The van der Waals surface area contributed by atoms with Crippen LogP contribution in [0.4, 0.5) is 5.95 Å². The van der Waals surface area contributed by atoms with Crippen molar-refractivity contribution in [2.24, 2.45) is 5.92 Å². The molecule has 1 aliphatic rings. The molecule has 1 aromatic carbocycles. The smallest absolute Gasteiger partial charge is 0.260 e. The number of benzene rings is 1. The molecule has 0 aliphatic carbocycles. The summed E-state index contributed by atoms with van der Waals surface area (Å²) in [4.78, 5) is 39.3. The van der Waals surface area contributed by atoms with E-state index in [0.29, 0.717) is 53.7 Å². The summed E-state index contributed by atoms with van der Waals surface area (Å²) >= 11 is 13.4. The molecule has 1 fully saturated rings. The lowest BCUT2D eigenvalue weighted by molar-refractivity contribution is -0.133. The van der Waals surface area contributed by atoms with Gasteiger partial charge < -0.3 is 19.7 Å². The maximum absolute atomic E-state index is 14.3. The van der Waals surface area contributed by atoms with E-state index < -0.39 is 0 Å². The molecule has 1 aliphatic heterocycles. The van der Waals surface area contributed by atoms with Crippen LogP contribution in [0.3, 0.4) is 0 Å². The molecule has 1 saturated heterocycles. The minimum atomic E-state index is -0.316. The van der Waals surface area contributed by atoms with Crippen LogP contribution in [0.1, 0.15) is 13.8 Å². The molecule has 12 heteroatoms. The van der Waals surface area contributed by atoms with Gasteiger partial charge in [0.1, 0.15) is 17.1 Å². The van der Waals surface area contributed by atoms with Gasteiger partial charge in [0.25, 0.3) is 5.56 Å². The van der Waals surface area contributed by atoms with Gasteiger partial charge in [-0.25, -0.2) is 4.98 Å². The van der Waals surface area contributed by atoms with Crippen molar-refractivity contribution in [2.45, 2.75) is 32.5 Å². The molecule has 0 bridgehead atoms. The summed E-state index contributed by atoms with van der Waals surface area (Å²) in [6.45, 7) is 9.33. The number of nitrogens with zero attached hydrogens (tertiary/aromatic N) is 5. The summed E-state index contributed by atoms with van der Waals surface area (Å²) < 4.78 is 12.5. The number of amides is 1. The van der Waals surface area contributed by atoms with Crippen molar-refractivity contribution in [2.75, 3.05) is 46.7 Å². The van der Waals surface area contributed by atoms with Crippen LogP contribution in [0.15, 0.2) is 35.8 Å². The maximum Gasteiger partial charge on any atom is 0.260 e. The van der Waals surface area contributed by atoms with Crippen LogP contribution in [-0.2, 0) is 11.3 Å². The van der Waals surface area contributed by atoms with Crippen LogP contribution >= 0.6 is 23.2 Å². The molecule has 1 amide bonds. The van der Waals surface area contributed by atoms with E-state index in [2.05, 4.69) is 40.6 Å². The van der Waals surface area contributed by atoms with Crippen molar-refractivity contribution in [3.05, 3.63) is 51.4 Å². The molecule has 40 heavy (non-hydrogen) atoms. The molecule has 1 atom stereocenters. The second-order valence-electron chi connectivity index (χ2n) is 10.1. The largest absolute Gasteiger partial charge is 0.495 e. The Morgan fingerprint density at radius 2 is 1.85 bits per heavy atom. The number of aromatic nitrogens is 3. The Balaban J connectivity index is 1.88. The van der Waals surface area contributed by atoms with Gasteiger partial charge in [0, 0.05) is 62.0 Å². The van der Waals surface area contributed by atoms with Crippen molar-refractivity contribution in [3.63, 3.8) is 0 Å². The first-order chi connectivity index (χ1) is 19.1. The van der Waals surface area contributed by atoms with Crippen molar-refractivity contribution >= 4 is 46.1 Å². The van der Waals surface area contributed by atoms with Crippen LogP contribution < -0.4 is 20.3 Å². The van der Waals surface area contributed by atoms with E-state index in [1.165, 1.54) is 20.3 Å². The number of nitrogens with one attached hydrogen (secondary N) is 1. The first kappa shape index (κ1) is 29.6. The number of ether oxygens (including phenoxy) is 2. The Labute approximate surface area is 243 Å². The second-order valence-corrected chi connectivity index (χ2v) is 10.8. The molecule has 1 N–H and O–H groups in total. The van der Waals surface area contributed by atoms with Gasteiger partial charge in [-0.05, 0) is 25.1 Å². The Morgan fingerprint density at radius 1 is 1.23 bits per heavy atom. The quantitative estimate of drug-likeness (QED) is 0.352. The number of hydrogen-bond acceptors (Lipinski definition) is 8. The minimum Gasteiger partial charge on any atom is -0.495 e. The number of rotatable bonds is 10. The van der Waals surface area contributed by atoms with Gasteiger partial charge in [0.05, 0.1) is 29.8 Å². The van der Waals surface area contributed by atoms with E-state index in [4.69, 9.17) is 32.7 Å². The zero-order valence-corrected chi connectivity index (χ0v) is 25.0. The van der Waals surface area contributed by atoms with Gasteiger partial charge in [0.2, 0.25) is 11.9 Å². The van der Waals surface area contributed by atoms with Gasteiger partial charge in [-0.1, -0.05) is 43.6 Å². The number of carbonyl (C=O) groups is 1. The van der Waals surface area contributed by atoms with Gasteiger partial charge >= 0.3 is 0 Å². The Kier molecular flexibility index (Phi) is 8.92. The highest BCUT2D eigenvalue weighted by Gasteiger charge is 2.36. The third kappa shape index (κ3) is 5.35. The Bertz CT molecular complexity index is 1470. The van der Waals surface area contributed by atoms with Crippen molar-refractivity contribution in [1.29, 1.82) is 0 Å². The van der Waals surface area contributed by atoms with Gasteiger partial charge in [-0.2, -0.15) is 4.98 Å². The number of halogens is 2. The Morgan fingerprint density at radius 3 is 2.38 bits per heavy atom. The van der Waals surface area contributed by atoms with Crippen LogP contribution in [0.5, 0.6) is 11.5 Å². The van der Waals surface area contributed by atoms with E-state index in [0.717, 1.165) is 0 Å². The summed E-state index contributed by atoms with van der Waals surface area (Å²) in [5, 5.41) is 3.98. The van der Waals surface area contributed by atoms with Crippen molar-refractivity contribution in [1.82, 2.24) is 24.3 Å². The van der Waals surface area contributed by atoms with E-state index in [9.17, 15) is 9.59 Å². The van der Waals surface area contributed by atoms with Crippen LogP contribution in [0, 0.1) is 5.92 Å². The number of carbonyl (C=O) groups excluding carboxylic acids is 1. The Hall–Kier alpha value is -3.34. The fraction of sp³-hybridized carbons (Fsp3) is 0.429. The van der Waals surface area contributed by atoms with Crippen molar-refractivity contribution < 1.29 is 14.3 Å². The minimum absolute atomic E-state index is 0.0547. The number of pyridine rings is 1. The summed E-state index contributed by atoms with van der Waals surface area (Å²) in [5.41, 5.74) is 0.747. The predicted molar refractivity (Wildman–Crippen MR) is 159 cm³/mol. The zero-order valence-electron chi connectivity index (χ0n) is 23.5. The lowest BCUT2D eigenvalue weighted by Crippen LogP contribution is -2.63. The first-order valence-electron chi connectivity index (χ1n) is 12.9. The normalized spacial score (nSPS) is 14.4. The summed E-state index contributed by atoms with van der Waals surface area (Å²) in [7, 11) is 6.71. The number of anilines is 1. The molecule has 10 nitrogen and oxygen atoms in total. The summed E-state index contributed by atoms with van der Waals surface area (Å²) in [6.07, 6.45) is 2.99. The van der Waals surface area contributed by atoms with Gasteiger partial charge in [0.15, 0.2) is 0 Å². The van der Waals surface area contributed by atoms with Gasteiger partial charge in [-0.3, -0.25) is 19.1 Å².